The molecule has 2 unspecified atom stereocenters. The average Bonchev–Trinajstić information content (AvgIpc) is 3.48. The summed E-state index contributed by atoms with van der Waals surface area (Å²) in [6.45, 7) is 4.36. The van der Waals surface area contributed by atoms with Gasteiger partial charge in [0.1, 0.15) is 19.8 Å². The molecule has 484 valence electrons. The van der Waals surface area contributed by atoms with Gasteiger partial charge < -0.3 is 18.9 Å². The average molecular weight is 1190 g/mol. The zero-order valence-corrected chi connectivity index (χ0v) is 56.1. The maximum absolute atomic E-state index is 12.9. The lowest BCUT2D eigenvalue weighted by molar-refractivity contribution is -0.870. The number of unbranched alkanes of at least 4 members (excludes halogenated alkanes) is 39. The third-order valence-corrected chi connectivity index (χ3v) is 16.5. The molecule has 83 heavy (non-hydrogen) atoms. The van der Waals surface area contributed by atoms with Crippen LogP contribution in [-0.2, 0) is 32.7 Å². The highest BCUT2D eigenvalue weighted by Gasteiger charge is 2.27. The van der Waals surface area contributed by atoms with Crippen molar-refractivity contribution in [2.45, 2.75) is 335 Å². The largest absolute Gasteiger partial charge is 0.472 e. The van der Waals surface area contributed by atoms with Gasteiger partial charge in [-0.2, -0.15) is 0 Å². The quantitative estimate of drug-likeness (QED) is 0.0211. The molecule has 0 aromatic rings. The first-order chi connectivity index (χ1) is 40.5. The zero-order valence-electron chi connectivity index (χ0n) is 55.2. The normalized spacial score (nSPS) is 13.6. The predicted molar refractivity (Wildman–Crippen MR) is 358 cm³/mol. The maximum Gasteiger partial charge on any atom is 0.472 e. The Kier molecular flexibility index (Phi) is 62.0. The number of likely N-dealkylation sites (N-methyl/N-ethyl adjacent to an activating group) is 1. The lowest BCUT2D eigenvalue weighted by Gasteiger charge is -2.24. The van der Waals surface area contributed by atoms with Crippen molar-refractivity contribution in [2.75, 3.05) is 47.5 Å². The van der Waals surface area contributed by atoms with Gasteiger partial charge in [0.2, 0.25) is 0 Å². The molecule has 9 nitrogen and oxygen atoms in total. The highest BCUT2D eigenvalue weighted by Crippen LogP contribution is 2.43. The fourth-order valence-corrected chi connectivity index (χ4v) is 10.8. The van der Waals surface area contributed by atoms with Crippen molar-refractivity contribution < 1.29 is 42.1 Å². The third kappa shape index (κ3) is 68.4. The van der Waals surface area contributed by atoms with Gasteiger partial charge in [-0.15, -0.1) is 0 Å². The van der Waals surface area contributed by atoms with Crippen molar-refractivity contribution in [3.8, 4) is 0 Å². The van der Waals surface area contributed by atoms with Crippen molar-refractivity contribution in [3.05, 3.63) is 72.9 Å². The summed E-state index contributed by atoms with van der Waals surface area (Å²) in [5.41, 5.74) is 0. The van der Waals surface area contributed by atoms with Crippen LogP contribution < -0.4 is 0 Å². The number of rotatable bonds is 65. The molecule has 0 saturated heterocycles. The van der Waals surface area contributed by atoms with Crippen molar-refractivity contribution in [3.63, 3.8) is 0 Å². The Morgan fingerprint density at radius 2 is 0.687 bits per heavy atom. The summed E-state index contributed by atoms with van der Waals surface area (Å²) in [5.74, 6) is -0.787. The molecule has 0 saturated carbocycles. The van der Waals surface area contributed by atoms with E-state index in [4.69, 9.17) is 18.5 Å². The van der Waals surface area contributed by atoms with Gasteiger partial charge >= 0.3 is 19.8 Å². The number of carbonyl (C=O) groups excluding carboxylic acids is 2. The van der Waals surface area contributed by atoms with Crippen LogP contribution in [0.3, 0.4) is 0 Å². The van der Waals surface area contributed by atoms with Gasteiger partial charge in [-0.05, 0) is 83.5 Å². The molecule has 0 aromatic carbocycles. The second-order valence-corrected chi connectivity index (χ2v) is 26.3. The van der Waals surface area contributed by atoms with Crippen LogP contribution in [0.1, 0.15) is 328 Å². The topological polar surface area (TPSA) is 108 Å². The van der Waals surface area contributed by atoms with E-state index >= 15 is 0 Å². The molecule has 2 atom stereocenters. The first-order valence-electron chi connectivity index (χ1n) is 35.2. The molecule has 0 aliphatic heterocycles. The Morgan fingerprint density at radius 3 is 1.04 bits per heavy atom. The van der Waals surface area contributed by atoms with Crippen LogP contribution in [0.2, 0.25) is 0 Å². The third-order valence-electron chi connectivity index (χ3n) is 15.5. The number of phosphoric acid groups is 1. The summed E-state index contributed by atoms with van der Waals surface area (Å²) in [4.78, 5) is 35.8. The molecular weight excluding hydrogens is 1050 g/mol. The van der Waals surface area contributed by atoms with Gasteiger partial charge in [-0.25, -0.2) is 4.57 Å². The summed E-state index contributed by atoms with van der Waals surface area (Å²) in [6.07, 6.45) is 85.9. The molecule has 0 heterocycles. The van der Waals surface area contributed by atoms with Crippen LogP contribution in [0.15, 0.2) is 72.9 Å². The Balaban J connectivity index is 3.90. The monoisotopic (exact) mass is 1180 g/mol. The van der Waals surface area contributed by atoms with Gasteiger partial charge in [0.25, 0.3) is 0 Å². The minimum Gasteiger partial charge on any atom is -0.462 e. The van der Waals surface area contributed by atoms with E-state index in [1.807, 2.05) is 21.1 Å². The maximum atomic E-state index is 12.9. The van der Waals surface area contributed by atoms with E-state index in [0.717, 1.165) is 64.2 Å². The number of quaternary nitrogens is 1. The fourth-order valence-electron chi connectivity index (χ4n) is 10.1. The van der Waals surface area contributed by atoms with Crippen LogP contribution in [-0.4, -0.2) is 74.9 Å². The first-order valence-corrected chi connectivity index (χ1v) is 36.7. The van der Waals surface area contributed by atoms with Crippen molar-refractivity contribution in [2.24, 2.45) is 0 Å². The van der Waals surface area contributed by atoms with E-state index in [1.165, 1.54) is 231 Å². The predicted octanol–water partition coefficient (Wildman–Crippen LogP) is 22.8. The van der Waals surface area contributed by atoms with Gasteiger partial charge in [-0.1, -0.05) is 305 Å². The van der Waals surface area contributed by atoms with Gasteiger partial charge in [-0.3, -0.25) is 18.6 Å². The Morgan fingerprint density at radius 1 is 0.386 bits per heavy atom. The molecular formula is C73H135NO8P+. The van der Waals surface area contributed by atoms with Crippen LogP contribution in [0.4, 0.5) is 0 Å². The van der Waals surface area contributed by atoms with Crippen LogP contribution in [0, 0.1) is 0 Å². The summed E-state index contributed by atoms with van der Waals surface area (Å²) in [5, 5.41) is 0. The summed E-state index contributed by atoms with van der Waals surface area (Å²) < 4.78 is 34.7. The van der Waals surface area contributed by atoms with Gasteiger partial charge in [0.05, 0.1) is 27.7 Å². The first kappa shape index (κ1) is 80.5. The van der Waals surface area contributed by atoms with E-state index in [0.29, 0.717) is 17.4 Å². The number of phosphoric ester groups is 1. The Hall–Kier alpha value is -2.55. The smallest absolute Gasteiger partial charge is 0.462 e. The molecule has 0 bridgehead atoms. The van der Waals surface area contributed by atoms with Crippen molar-refractivity contribution in [1.29, 1.82) is 0 Å². The molecule has 0 amide bonds. The highest BCUT2D eigenvalue weighted by molar-refractivity contribution is 7.47. The Bertz CT molecular complexity index is 1630. The second kappa shape index (κ2) is 63.9. The van der Waals surface area contributed by atoms with Crippen molar-refractivity contribution in [1.82, 2.24) is 0 Å². The molecule has 1 N–H and O–H groups in total. The minimum atomic E-state index is -4.39. The molecule has 0 aliphatic carbocycles. The molecule has 0 fully saturated rings. The van der Waals surface area contributed by atoms with Gasteiger partial charge in [0, 0.05) is 12.8 Å². The number of carbonyl (C=O) groups is 2. The second-order valence-electron chi connectivity index (χ2n) is 24.9. The number of ether oxygens (including phenoxy) is 2. The van der Waals surface area contributed by atoms with Crippen LogP contribution >= 0.6 is 7.82 Å². The number of nitrogens with zero attached hydrogens (tertiary/aromatic N) is 1. The van der Waals surface area contributed by atoms with E-state index in [1.54, 1.807) is 0 Å². The standard InChI is InChI=1S/C73H134NO8P/c1-6-8-10-12-14-16-18-20-22-24-26-27-28-29-30-31-32-33-34-35-36-37-38-39-40-41-42-43-44-45-46-47-48-50-52-54-56-58-60-62-64-66-73(76)82-71(70-81-83(77,78)80-68-67-74(3,4)5)69-79-72(75)65-63-61-59-57-55-53-51-49-25-23-21-19-17-15-13-11-9-7-2/h8,10,14,16,20,22-23,25-27,29-30,71H,6-7,9,11-13,15,17-19,21,24,28,31-70H2,1-5H3/p+1/b10-8-,16-14-,22-20-,25-23-,27-26-,30-29-. The lowest BCUT2D eigenvalue weighted by atomic mass is 10.0. The SMILES string of the molecule is CC/C=C\C/C=C\C/C=C\C/C=C\C/C=C\CCCCCCCCCCCCCCCCCCCCCCCCCCCC(=O)OC(COC(=O)CCCCCCCCC/C=C\CCCCCCCCC)COP(=O)(O)OCC[N+](C)(C)C. The van der Waals surface area contributed by atoms with Crippen LogP contribution in [0.25, 0.3) is 0 Å². The van der Waals surface area contributed by atoms with E-state index in [-0.39, 0.29) is 32.0 Å². The molecule has 0 aliphatic rings. The molecule has 0 radical (unpaired) electrons. The molecule has 0 rings (SSSR count). The number of allylic oxidation sites excluding steroid dienone is 12. The van der Waals surface area contributed by atoms with Gasteiger partial charge in [0.15, 0.2) is 6.10 Å². The molecule has 0 spiro atoms. The molecule has 10 heteroatoms. The summed E-state index contributed by atoms with van der Waals surface area (Å²) in [7, 11) is 1.49. The van der Waals surface area contributed by atoms with E-state index < -0.39 is 26.5 Å². The minimum absolute atomic E-state index is 0.0321. The summed E-state index contributed by atoms with van der Waals surface area (Å²) in [6, 6.07) is 0. The number of esters is 2. The van der Waals surface area contributed by atoms with E-state index in [9.17, 15) is 19.0 Å². The lowest BCUT2D eigenvalue weighted by Crippen LogP contribution is -2.37. The van der Waals surface area contributed by atoms with E-state index in [2.05, 4.69) is 86.8 Å². The zero-order chi connectivity index (χ0) is 60.5. The van der Waals surface area contributed by atoms with Crippen LogP contribution in [0.5, 0.6) is 0 Å². The molecule has 0 aromatic heterocycles. The fraction of sp³-hybridized carbons (Fsp3) is 0.808. The Labute approximate surface area is 514 Å². The summed E-state index contributed by atoms with van der Waals surface area (Å²) >= 11 is 0. The number of hydrogen-bond donors (Lipinski definition) is 1. The highest BCUT2D eigenvalue weighted by atomic mass is 31.2. The number of hydrogen-bond acceptors (Lipinski definition) is 7. The van der Waals surface area contributed by atoms with Crippen molar-refractivity contribution >= 4 is 19.8 Å².